The van der Waals surface area contributed by atoms with E-state index in [-0.39, 0.29) is 17.6 Å². The van der Waals surface area contributed by atoms with Crippen molar-refractivity contribution in [2.24, 2.45) is 5.73 Å². The van der Waals surface area contributed by atoms with Crippen LogP contribution in [0.5, 0.6) is 0 Å². The van der Waals surface area contributed by atoms with E-state index in [2.05, 4.69) is 22.9 Å². The van der Waals surface area contributed by atoms with E-state index in [0.717, 1.165) is 13.0 Å². The first-order chi connectivity index (χ1) is 7.82. The van der Waals surface area contributed by atoms with Crippen LogP contribution in [0.15, 0.2) is 0 Å². The largest absolute Gasteiger partial charge is 0.392 e. The molecule has 7 heteroatoms. The average molecular weight is 260 g/mol. The zero-order valence-corrected chi connectivity index (χ0v) is 11.3. The number of carbonyl (C=O) groups is 2. The topological polar surface area (TPSA) is 87.5 Å². The fraction of sp³-hybridized carbons (Fsp3) is 0.700. The third kappa shape index (κ3) is 8.58. The van der Waals surface area contributed by atoms with E-state index < -0.39 is 11.8 Å². The Hall–Kier alpha value is -1.21. The zero-order chi connectivity index (χ0) is 13.4. The van der Waals surface area contributed by atoms with Gasteiger partial charge in [-0.25, -0.2) is 0 Å². The lowest BCUT2D eigenvalue weighted by Crippen LogP contribution is -2.46. The molecule has 0 heterocycles. The van der Waals surface area contributed by atoms with Crippen LogP contribution in [0.3, 0.4) is 0 Å². The Kier molecular flexibility index (Phi) is 7.40. The first kappa shape index (κ1) is 15.8. The molecule has 0 aliphatic heterocycles. The van der Waals surface area contributed by atoms with Gasteiger partial charge in [0.1, 0.15) is 0 Å². The first-order valence-corrected chi connectivity index (χ1v) is 5.75. The van der Waals surface area contributed by atoms with E-state index in [9.17, 15) is 9.59 Å². The van der Waals surface area contributed by atoms with Gasteiger partial charge in [-0.1, -0.05) is 12.2 Å². The standard InChI is InChI=1S/C10H20N4O2S/c1-7(4-5-14(2)3)13-10(16)9(15)12-6-8(11)17/h7H,4-6H2,1-3H3,(H2,11,17)(H,12,15)(H,13,16). The van der Waals surface area contributed by atoms with Gasteiger partial charge in [0, 0.05) is 6.04 Å². The summed E-state index contributed by atoms with van der Waals surface area (Å²) in [6.45, 7) is 2.73. The third-order valence-electron chi connectivity index (χ3n) is 2.02. The molecule has 6 nitrogen and oxygen atoms in total. The minimum atomic E-state index is -0.713. The van der Waals surface area contributed by atoms with Crippen LogP contribution in [0.4, 0.5) is 0 Å². The maximum absolute atomic E-state index is 11.4. The van der Waals surface area contributed by atoms with Crippen LogP contribution in [-0.4, -0.2) is 54.9 Å². The quantitative estimate of drug-likeness (QED) is 0.414. The maximum atomic E-state index is 11.4. The fourth-order valence-electron chi connectivity index (χ4n) is 1.06. The van der Waals surface area contributed by atoms with Crippen molar-refractivity contribution in [3.8, 4) is 0 Å². The van der Waals surface area contributed by atoms with Crippen LogP contribution >= 0.6 is 12.2 Å². The first-order valence-electron chi connectivity index (χ1n) is 5.34. The van der Waals surface area contributed by atoms with Gasteiger partial charge in [-0.3, -0.25) is 9.59 Å². The molecule has 0 saturated heterocycles. The van der Waals surface area contributed by atoms with Gasteiger partial charge >= 0.3 is 11.8 Å². The van der Waals surface area contributed by atoms with Gasteiger partial charge in [-0.2, -0.15) is 0 Å². The van der Waals surface area contributed by atoms with Crippen LogP contribution in [0.2, 0.25) is 0 Å². The highest BCUT2D eigenvalue weighted by Crippen LogP contribution is 1.91. The van der Waals surface area contributed by atoms with Gasteiger partial charge in [0.2, 0.25) is 0 Å². The summed E-state index contributed by atoms with van der Waals surface area (Å²) in [4.78, 5) is 24.8. The number of thiocarbonyl (C=S) groups is 1. The van der Waals surface area contributed by atoms with E-state index in [1.54, 1.807) is 0 Å². The number of nitrogens with two attached hydrogens (primary N) is 1. The van der Waals surface area contributed by atoms with Crippen LogP contribution < -0.4 is 16.4 Å². The molecule has 98 valence electrons. The number of nitrogens with one attached hydrogen (secondary N) is 2. The summed E-state index contributed by atoms with van der Waals surface area (Å²) in [5, 5.41) is 4.92. The molecule has 1 unspecified atom stereocenters. The Bertz CT molecular complexity index is 294. The molecular weight excluding hydrogens is 240 g/mol. The van der Waals surface area contributed by atoms with Crippen molar-refractivity contribution in [2.75, 3.05) is 27.2 Å². The summed E-state index contributed by atoms with van der Waals surface area (Å²) in [5.74, 6) is -1.37. The number of amides is 2. The summed E-state index contributed by atoms with van der Waals surface area (Å²) >= 11 is 4.58. The molecule has 17 heavy (non-hydrogen) atoms. The second-order valence-electron chi connectivity index (χ2n) is 4.12. The van der Waals surface area contributed by atoms with Gasteiger partial charge in [-0.15, -0.1) is 0 Å². The third-order valence-corrected chi connectivity index (χ3v) is 2.16. The number of hydrogen-bond acceptors (Lipinski definition) is 4. The minimum Gasteiger partial charge on any atom is -0.392 e. The average Bonchev–Trinajstić information content (AvgIpc) is 2.22. The molecule has 0 aliphatic rings. The van der Waals surface area contributed by atoms with Crippen molar-refractivity contribution in [2.45, 2.75) is 19.4 Å². The Morgan fingerprint density at radius 3 is 2.41 bits per heavy atom. The summed E-state index contributed by atoms with van der Waals surface area (Å²) in [7, 11) is 3.90. The smallest absolute Gasteiger partial charge is 0.309 e. The van der Waals surface area contributed by atoms with Gasteiger partial charge in [0.25, 0.3) is 0 Å². The van der Waals surface area contributed by atoms with Crippen molar-refractivity contribution in [1.82, 2.24) is 15.5 Å². The second-order valence-corrected chi connectivity index (χ2v) is 4.64. The highest BCUT2D eigenvalue weighted by Gasteiger charge is 2.15. The van der Waals surface area contributed by atoms with Crippen molar-refractivity contribution < 1.29 is 9.59 Å². The summed E-state index contributed by atoms with van der Waals surface area (Å²) < 4.78 is 0. The molecule has 0 aliphatic carbocycles. The van der Waals surface area contributed by atoms with Gasteiger partial charge in [0.15, 0.2) is 0 Å². The molecule has 0 rings (SSSR count). The fourth-order valence-corrected chi connectivity index (χ4v) is 1.13. The Balaban J connectivity index is 3.90. The number of hydrogen-bond donors (Lipinski definition) is 3. The Labute approximate surface area is 107 Å². The lowest BCUT2D eigenvalue weighted by molar-refractivity contribution is -0.139. The van der Waals surface area contributed by atoms with Gasteiger partial charge in [-0.05, 0) is 34.0 Å². The molecule has 0 aromatic heterocycles. The highest BCUT2D eigenvalue weighted by atomic mass is 32.1. The molecule has 0 fully saturated rings. The number of rotatable bonds is 6. The maximum Gasteiger partial charge on any atom is 0.309 e. The molecule has 4 N–H and O–H groups in total. The van der Waals surface area contributed by atoms with Gasteiger partial charge < -0.3 is 21.3 Å². The van der Waals surface area contributed by atoms with E-state index in [1.807, 2.05) is 25.9 Å². The number of carbonyl (C=O) groups excluding carboxylic acids is 2. The van der Waals surface area contributed by atoms with E-state index in [0.29, 0.717) is 0 Å². The predicted molar refractivity (Wildman–Crippen MR) is 70.6 cm³/mol. The van der Waals surface area contributed by atoms with Crippen molar-refractivity contribution in [3.05, 3.63) is 0 Å². The monoisotopic (exact) mass is 260 g/mol. The lowest BCUT2D eigenvalue weighted by Gasteiger charge is -2.16. The summed E-state index contributed by atoms with van der Waals surface area (Å²) in [6, 6.07) is -0.0551. The van der Waals surface area contributed by atoms with Crippen LogP contribution in [-0.2, 0) is 9.59 Å². The van der Waals surface area contributed by atoms with E-state index in [4.69, 9.17) is 5.73 Å². The van der Waals surface area contributed by atoms with E-state index in [1.165, 1.54) is 0 Å². The highest BCUT2D eigenvalue weighted by molar-refractivity contribution is 7.80. The molecule has 0 aromatic carbocycles. The van der Waals surface area contributed by atoms with Crippen LogP contribution in [0.25, 0.3) is 0 Å². The van der Waals surface area contributed by atoms with Crippen molar-refractivity contribution in [3.63, 3.8) is 0 Å². The van der Waals surface area contributed by atoms with Crippen molar-refractivity contribution in [1.29, 1.82) is 0 Å². The molecule has 1 atom stereocenters. The summed E-state index contributed by atoms with van der Waals surface area (Å²) in [5.41, 5.74) is 5.20. The Morgan fingerprint density at radius 2 is 1.94 bits per heavy atom. The summed E-state index contributed by atoms with van der Waals surface area (Å²) in [6.07, 6.45) is 0.779. The SMILES string of the molecule is CC(CCN(C)C)NC(=O)C(=O)NCC(N)=S. The normalized spacial score (nSPS) is 12.0. The van der Waals surface area contributed by atoms with Gasteiger partial charge in [0.05, 0.1) is 11.5 Å². The van der Waals surface area contributed by atoms with Crippen LogP contribution in [0.1, 0.15) is 13.3 Å². The lowest BCUT2D eigenvalue weighted by atomic mass is 10.2. The zero-order valence-electron chi connectivity index (χ0n) is 10.4. The van der Waals surface area contributed by atoms with Crippen LogP contribution in [0, 0.1) is 0 Å². The molecular formula is C10H20N4O2S. The number of nitrogens with zero attached hydrogens (tertiary/aromatic N) is 1. The molecule has 2 amide bonds. The minimum absolute atomic E-state index is 0.0354. The second kappa shape index (κ2) is 7.97. The molecule has 0 saturated carbocycles. The molecule has 0 radical (unpaired) electrons. The van der Waals surface area contributed by atoms with E-state index >= 15 is 0 Å². The predicted octanol–water partition coefficient (Wildman–Crippen LogP) is -1.15. The molecule has 0 aromatic rings. The molecule has 0 bridgehead atoms. The Morgan fingerprint density at radius 1 is 1.35 bits per heavy atom. The molecule has 0 spiro atoms. The van der Waals surface area contributed by atoms with Crippen molar-refractivity contribution >= 4 is 29.0 Å².